The number of aromatic nitrogens is 2. The van der Waals surface area contributed by atoms with Crippen LogP contribution in [0, 0.1) is 17.2 Å². The highest BCUT2D eigenvalue weighted by molar-refractivity contribution is 7.91. The predicted molar refractivity (Wildman–Crippen MR) is 104 cm³/mol. The third-order valence-corrected chi connectivity index (χ3v) is 7.47. The number of hydrogen-bond acceptors (Lipinski definition) is 7. The van der Waals surface area contributed by atoms with E-state index in [1.54, 1.807) is 0 Å². The molecule has 27 heavy (non-hydrogen) atoms. The van der Waals surface area contributed by atoms with Crippen molar-refractivity contribution in [3.63, 3.8) is 0 Å². The molecule has 1 unspecified atom stereocenters. The fourth-order valence-electron chi connectivity index (χ4n) is 3.97. The molecule has 1 aromatic heterocycles. The Hall–Kier alpha value is -1.56. The molecule has 1 atom stereocenters. The molecule has 1 N–H and O–H groups in total. The van der Waals surface area contributed by atoms with E-state index in [0.29, 0.717) is 34.8 Å². The average Bonchev–Trinajstić information content (AvgIpc) is 3.04. The summed E-state index contributed by atoms with van der Waals surface area (Å²) in [7, 11) is 2.01. The number of nitrogens with zero attached hydrogens (tertiary/aromatic N) is 4. The van der Waals surface area contributed by atoms with Gasteiger partial charge in [0.15, 0.2) is 5.82 Å². The molecule has 2 fully saturated rings. The summed E-state index contributed by atoms with van der Waals surface area (Å²) >= 11 is -1.08. The number of ether oxygens (including phenoxy) is 1. The van der Waals surface area contributed by atoms with Crippen molar-refractivity contribution in [2.24, 2.45) is 5.92 Å². The zero-order chi connectivity index (χ0) is 18.9. The van der Waals surface area contributed by atoms with E-state index in [-0.39, 0.29) is 0 Å². The highest BCUT2D eigenvalue weighted by Crippen LogP contribution is 2.39. The summed E-state index contributed by atoms with van der Waals surface area (Å²) < 4.78 is 17.9. The zero-order valence-corrected chi connectivity index (χ0v) is 16.7. The van der Waals surface area contributed by atoms with Crippen molar-refractivity contribution in [1.82, 2.24) is 9.97 Å². The van der Waals surface area contributed by atoms with Gasteiger partial charge >= 0.3 is 0 Å². The summed E-state index contributed by atoms with van der Waals surface area (Å²) in [5.74, 6) is 2.55. The summed E-state index contributed by atoms with van der Waals surface area (Å²) in [5.41, 5.74) is 0.304. The first-order valence-corrected chi connectivity index (χ1v) is 11.2. The first-order chi connectivity index (χ1) is 13.1. The van der Waals surface area contributed by atoms with Crippen LogP contribution < -0.4 is 10.2 Å². The maximum Gasteiger partial charge on any atom is 0.227 e. The van der Waals surface area contributed by atoms with Gasteiger partial charge in [-0.15, -0.1) is 0 Å². The molecule has 7 nitrogen and oxygen atoms in total. The van der Waals surface area contributed by atoms with Gasteiger partial charge in [-0.1, -0.05) is 0 Å². The Balaban J connectivity index is 1.52. The summed E-state index contributed by atoms with van der Waals surface area (Å²) in [6, 6.07) is 2.39. The largest absolute Gasteiger partial charge is 0.611 e. The smallest absolute Gasteiger partial charge is 0.227 e. The van der Waals surface area contributed by atoms with Crippen molar-refractivity contribution in [3.05, 3.63) is 5.69 Å². The molecule has 0 spiro atoms. The molecule has 0 radical (unpaired) electrons. The number of rotatable bonds is 6. The van der Waals surface area contributed by atoms with Gasteiger partial charge < -0.3 is 19.5 Å². The highest BCUT2D eigenvalue weighted by Gasteiger charge is 2.41. The zero-order valence-electron chi connectivity index (χ0n) is 15.9. The van der Waals surface area contributed by atoms with Crippen LogP contribution in [0.25, 0.3) is 0 Å². The van der Waals surface area contributed by atoms with Gasteiger partial charge in [0.05, 0.1) is 6.07 Å². The second-order valence-corrected chi connectivity index (χ2v) is 9.39. The van der Waals surface area contributed by atoms with Crippen LogP contribution in [-0.2, 0) is 22.3 Å². The van der Waals surface area contributed by atoms with Gasteiger partial charge in [0, 0.05) is 33.2 Å². The van der Waals surface area contributed by atoms with E-state index in [1.807, 2.05) is 7.05 Å². The quantitative estimate of drug-likeness (QED) is 0.745. The minimum atomic E-state index is -1.08. The normalized spacial score (nSPS) is 24.0. The van der Waals surface area contributed by atoms with Crippen molar-refractivity contribution in [2.45, 2.75) is 55.4 Å². The number of anilines is 2. The maximum absolute atomic E-state index is 12.5. The van der Waals surface area contributed by atoms with Crippen LogP contribution in [-0.4, -0.2) is 52.6 Å². The lowest BCUT2D eigenvalue weighted by Gasteiger charge is -2.36. The van der Waals surface area contributed by atoms with Gasteiger partial charge in [-0.2, -0.15) is 10.2 Å². The Kier molecular flexibility index (Phi) is 5.44. The molecule has 3 aliphatic rings. The second-order valence-electron chi connectivity index (χ2n) is 7.89. The van der Waals surface area contributed by atoms with Gasteiger partial charge in [0.1, 0.15) is 17.0 Å². The lowest BCUT2D eigenvalue weighted by molar-refractivity contribution is 0.0645. The summed E-state index contributed by atoms with van der Waals surface area (Å²) in [4.78, 5) is 12.2. The molecular formula is C19H27N5O2S. The van der Waals surface area contributed by atoms with E-state index in [4.69, 9.17) is 14.7 Å². The number of hydrogen-bond donors (Lipinski definition) is 1. The predicted octanol–water partition coefficient (Wildman–Crippen LogP) is 2.25. The standard InChI is InChI=1S/C19H27N5O2S/c1-24(9-3-14-4-10-26-11-5-14)18-21-15-6-12-27(25)16(15)17(22-18)23-19(13-20)7-2-8-19/h14H,2-12H2,1H3,(H,21,22,23). The Morgan fingerprint density at radius 2 is 2.15 bits per heavy atom. The van der Waals surface area contributed by atoms with E-state index >= 15 is 0 Å². The molecule has 1 saturated heterocycles. The van der Waals surface area contributed by atoms with Crippen LogP contribution in [0.1, 0.15) is 44.2 Å². The van der Waals surface area contributed by atoms with Gasteiger partial charge in [-0.05, 0) is 55.6 Å². The molecule has 146 valence electrons. The molecule has 3 heterocycles. The van der Waals surface area contributed by atoms with E-state index in [0.717, 1.165) is 64.0 Å². The minimum absolute atomic E-state index is 0.563. The van der Waals surface area contributed by atoms with Gasteiger partial charge in [0.25, 0.3) is 0 Å². The highest BCUT2D eigenvalue weighted by atomic mass is 32.2. The molecule has 0 aromatic carbocycles. The number of aryl methyl sites for hydroxylation is 1. The molecule has 1 aromatic rings. The van der Waals surface area contributed by atoms with Crippen LogP contribution in [0.5, 0.6) is 0 Å². The second kappa shape index (κ2) is 7.82. The summed E-state index contributed by atoms with van der Waals surface area (Å²) in [6.45, 7) is 2.61. The van der Waals surface area contributed by atoms with Gasteiger partial charge in [0.2, 0.25) is 10.8 Å². The third kappa shape index (κ3) is 3.86. The first kappa shape index (κ1) is 18.8. The summed E-state index contributed by atoms with van der Waals surface area (Å²) in [5, 5.41) is 12.9. The number of nitriles is 1. The fraction of sp³-hybridized carbons (Fsp3) is 0.737. The van der Waals surface area contributed by atoms with E-state index < -0.39 is 16.7 Å². The maximum atomic E-state index is 12.5. The third-order valence-electron chi connectivity index (χ3n) is 6.01. The Morgan fingerprint density at radius 1 is 1.37 bits per heavy atom. The van der Waals surface area contributed by atoms with Crippen LogP contribution in [0.4, 0.5) is 11.8 Å². The van der Waals surface area contributed by atoms with E-state index in [2.05, 4.69) is 16.3 Å². The Bertz CT molecular complexity index is 728. The van der Waals surface area contributed by atoms with E-state index in [9.17, 15) is 9.81 Å². The lowest BCUT2D eigenvalue weighted by atomic mass is 9.78. The van der Waals surface area contributed by atoms with Gasteiger partial charge in [-0.25, -0.2) is 4.98 Å². The molecule has 4 rings (SSSR count). The van der Waals surface area contributed by atoms with Crippen molar-refractivity contribution in [1.29, 1.82) is 5.26 Å². The minimum Gasteiger partial charge on any atom is -0.611 e. The van der Waals surface area contributed by atoms with Crippen LogP contribution in [0.3, 0.4) is 0 Å². The molecule has 1 saturated carbocycles. The average molecular weight is 390 g/mol. The first-order valence-electron chi connectivity index (χ1n) is 9.88. The Labute approximate surface area is 163 Å². The molecule has 1 aliphatic carbocycles. The fourth-order valence-corrected chi connectivity index (χ4v) is 5.28. The number of fused-ring (bicyclic) bond motifs is 1. The molecule has 8 heteroatoms. The summed E-state index contributed by atoms with van der Waals surface area (Å²) in [6.07, 6.45) is 6.70. The monoisotopic (exact) mass is 389 g/mol. The van der Waals surface area contributed by atoms with Crippen LogP contribution in [0.2, 0.25) is 0 Å². The van der Waals surface area contributed by atoms with Crippen LogP contribution >= 0.6 is 0 Å². The molecular weight excluding hydrogens is 362 g/mol. The number of nitrogens with one attached hydrogen (secondary N) is 1. The van der Waals surface area contributed by atoms with Crippen molar-refractivity contribution < 1.29 is 9.29 Å². The molecule has 2 aliphatic heterocycles. The Morgan fingerprint density at radius 3 is 2.81 bits per heavy atom. The lowest BCUT2D eigenvalue weighted by Crippen LogP contribution is -2.44. The van der Waals surface area contributed by atoms with Gasteiger partial charge in [-0.3, -0.25) is 0 Å². The molecule has 0 amide bonds. The van der Waals surface area contributed by atoms with Crippen LogP contribution in [0.15, 0.2) is 4.90 Å². The topological polar surface area (TPSA) is 97.1 Å². The SMILES string of the molecule is CN(CCC1CCOCC1)c1nc2c(c(NC3(C#N)CCC3)n1)[S+]([O-])CC2. The van der Waals surface area contributed by atoms with E-state index in [1.165, 1.54) is 0 Å². The van der Waals surface area contributed by atoms with Crippen molar-refractivity contribution in [2.75, 3.05) is 42.8 Å². The molecule has 0 bridgehead atoms. The van der Waals surface area contributed by atoms with Crippen molar-refractivity contribution in [3.8, 4) is 6.07 Å². The van der Waals surface area contributed by atoms with Crippen molar-refractivity contribution >= 4 is 22.9 Å².